The van der Waals surface area contributed by atoms with Gasteiger partial charge in [0.25, 0.3) is 5.91 Å². The van der Waals surface area contributed by atoms with Crippen molar-refractivity contribution < 1.29 is 18.9 Å². The van der Waals surface area contributed by atoms with E-state index in [9.17, 15) is 9.59 Å². The molecule has 19 heavy (non-hydrogen) atoms. The molecule has 6 heteroatoms. The van der Waals surface area contributed by atoms with Crippen molar-refractivity contribution in [2.24, 2.45) is 12.1 Å². The van der Waals surface area contributed by atoms with Gasteiger partial charge in [-0.3, -0.25) is 9.59 Å². The van der Waals surface area contributed by atoms with Gasteiger partial charge in [0.15, 0.2) is 12.4 Å². The highest BCUT2D eigenvalue weighted by Crippen LogP contribution is 1.96. The molecule has 1 N–H and O–H groups in total. The zero-order valence-corrected chi connectivity index (χ0v) is 11.3. The monoisotopic (exact) mass is 264 g/mol. The number of nitrogens with zero attached hydrogens (tertiary/aromatic N) is 2. The molecule has 1 aromatic heterocycles. The van der Waals surface area contributed by atoms with E-state index in [4.69, 9.17) is 0 Å². The van der Waals surface area contributed by atoms with Crippen LogP contribution >= 0.6 is 0 Å². The lowest BCUT2D eigenvalue weighted by molar-refractivity contribution is -0.671. The fraction of sp³-hybridized carbons (Fsp3) is 0.385. The summed E-state index contributed by atoms with van der Waals surface area (Å²) < 4.78 is 6.31. The topological polar surface area (TPSA) is 71.6 Å². The molecule has 0 aliphatic heterocycles. The third-order valence-electron chi connectivity index (χ3n) is 2.47. The van der Waals surface area contributed by atoms with Crippen molar-refractivity contribution in [1.82, 2.24) is 5.43 Å². The number of aryl methyl sites for hydroxylation is 1. The van der Waals surface area contributed by atoms with Crippen LogP contribution in [-0.4, -0.2) is 24.7 Å². The molecule has 0 bridgehead atoms. The molecular weight excluding hydrogens is 246 g/mol. The van der Waals surface area contributed by atoms with Crippen LogP contribution in [0.3, 0.4) is 0 Å². The quantitative estimate of drug-likeness (QED) is 0.366. The molecule has 0 radical (unpaired) electrons. The summed E-state index contributed by atoms with van der Waals surface area (Å²) in [5.41, 5.74) is 3.64. The predicted molar refractivity (Wildman–Crippen MR) is 69.4 cm³/mol. The number of carbonyl (C=O) groups excluding carboxylic acids is 2. The Morgan fingerprint density at radius 3 is 2.79 bits per heavy atom. The fourth-order valence-corrected chi connectivity index (χ4v) is 1.37. The van der Waals surface area contributed by atoms with E-state index in [-0.39, 0.29) is 18.3 Å². The zero-order valence-electron chi connectivity index (χ0n) is 11.3. The Bertz CT molecular complexity index is 498. The summed E-state index contributed by atoms with van der Waals surface area (Å²) >= 11 is 0. The number of methoxy groups -OCH3 is 1. The lowest BCUT2D eigenvalue weighted by Crippen LogP contribution is -2.30. The summed E-state index contributed by atoms with van der Waals surface area (Å²) in [6, 6.07) is 3.48. The third kappa shape index (κ3) is 5.29. The summed E-state index contributed by atoms with van der Waals surface area (Å²) in [5, 5.41) is 3.94. The largest absolute Gasteiger partial charge is 0.469 e. The molecule has 0 aliphatic carbocycles. The number of hydrogen-bond acceptors (Lipinski definition) is 4. The number of hydrazone groups is 1. The van der Waals surface area contributed by atoms with Crippen LogP contribution in [0.2, 0.25) is 0 Å². The second kappa shape index (κ2) is 7.25. The molecule has 6 nitrogen and oxygen atoms in total. The van der Waals surface area contributed by atoms with Gasteiger partial charge in [0.2, 0.25) is 0 Å². The van der Waals surface area contributed by atoms with E-state index in [1.807, 2.05) is 13.2 Å². The normalized spacial score (nSPS) is 11.0. The molecule has 0 aliphatic rings. The number of pyridine rings is 1. The number of aromatic nitrogens is 1. The molecule has 102 valence electrons. The van der Waals surface area contributed by atoms with E-state index in [1.165, 1.54) is 7.11 Å². The Kier molecular flexibility index (Phi) is 5.66. The van der Waals surface area contributed by atoms with E-state index < -0.39 is 0 Å². The standard InChI is InChI=1S/C13H17N3O3/c1-10(6-7-12(17)19-3)14-15-13(18)11-5-4-8-16(2)9-11/h4-5,8-9H,6-7H2,1-3H3/p+1/b14-10-. The SMILES string of the molecule is COC(=O)CC/C(C)=N\NC(=O)c1ccc[n+](C)c1. The van der Waals surface area contributed by atoms with Gasteiger partial charge in [-0.25, -0.2) is 9.99 Å². The average Bonchev–Trinajstić information content (AvgIpc) is 2.41. The highest BCUT2D eigenvalue weighted by molar-refractivity contribution is 5.95. The summed E-state index contributed by atoms with van der Waals surface area (Å²) in [4.78, 5) is 22.7. The average molecular weight is 264 g/mol. The van der Waals surface area contributed by atoms with Crippen LogP contribution in [0.1, 0.15) is 30.1 Å². The Morgan fingerprint density at radius 2 is 2.16 bits per heavy atom. The van der Waals surface area contributed by atoms with E-state index >= 15 is 0 Å². The number of amides is 1. The van der Waals surface area contributed by atoms with Gasteiger partial charge in [-0.05, 0) is 19.4 Å². The maximum Gasteiger partial charge on any atom is 0.305 e. The summed E-state index contributed by atoms with van der Waals surface area (Å²) in [6.07, 6.45) is 4.24. The predicted octanol–water partition coefficient (Wildman–Crippen LogP) is 0.570. The first-order chi connectivity index (χ1) is 9.02. The van der Waals surface area contributed by atoms with E-state index in [1.54, 1.807) is 29.8 Å². The lowest BCUT2D eigenvalue weighted by Gasteiger charge is -2.01. The van der Waals surface area contributed by atoms with Crippen LogP contribution < -0.4 is 9.99 Å². The minimum Gasteiger partial charge on any atom is -0.469 e. The van der Waals surface area contributed by atoms with Crippen molar-refractivity contribution >= 4 is 17.6 Å². The third-order valence-corrected chi connectivity index (χ3v) is 2.47. The van der Waals surface area contributed by atoms with Crippen LogP contribution in [0.25, 0.3) is 0 Å². The molecule has 0 atom stereocenters. The van der Waals surface area contributed by atoms with Crippen molar-refractivity contribution in [2.45, 2.75) is 19.8 Å². The highest BCUT2D eigenvalue weighted by atomic mass is 16.5. The van der Waals surface area contributed by atoms with E-state index in [0.717, 1.165) is 0 Å². The number of hydrogen-bond donors (Lipinski definition) is 1. The molecule has 0 spiro atoms. The van der Waals surface area contributed by atoms with Gasteiger partial charge in [-0.1, -0.05) is 0 Å². The highest BCUT2D eigenvalue weighted by Gasteiger charge is 2.08. The first-order valence-corrected chi connectivity index (χ1v) is 5.88. The van der Waals surface area contributed by atoms with E-state index in [2.05, 4.69) is 15.3 Å². The molecule has 0 saturated heterocycles. The van der Waals surface area contributed by atoms with Crippen molar-refractivity contribution in [1.29, 1.82) is 0 Å². The van der Waals surface area contributed by atoms with Crippen molar-refractivity contribution in [2.75, 3.05) is 7.11 Å². The van der Waals surface area contributed by atoms with E-state index in [0.29, 0.717) is 17.7 Å². The van der Waals surface area contributed by atoms with Crippen LogP contribution in [0.5, 0.6) is 0 Å². The van der Waals surface area contributed by atoms with Gasteiger partial charge in [0, 0.05) is 11.8 Å². The number of esters is 1. The molecule has 0 fully saturated rings. The summed E-state index contributed by atoms with van der Waals surface area (Å²) in [6.45, 7) is 1.74. The van der Waals surface area contributed by atoms with Crippen molar-refractivity contribution in [3.63, 3.8) is 0 Å². The number of rotatable bonds is 5. The molecular formula is C13H18N3O3+. The Morgan fingerprint density at radius 1 is 1.42 bits per heavy atom. The number of nitrogens with one attached hydrogen (secondary N) is 1. The summed E-state index contributed by atoms with van der Waals surface area (Å²) in [5.74, 6) is -0.579. The van der Waals surface area contributed by atoms with Gasteiger partial charge in [-0.2, -0.15) is 5.10 Å². The minimum atomic E-state index is -0.295. The molecule has 0 saturated carbocycles. The van der Waals surface area contributed by atoms with Crippen LogP contribution in [0.4, 0.5) is 0 Å². The second-order valence-corrected chi connectivity index (χ2v) is 4.12. The lowest BCUT2D eigenvalue weighted by atomic mass is 10.2. The number of carbonyl (C=O) groups is 2. The molecule has 0 aromatic carbocycles. The second-order valence-electron chi connectivity index (χ2n) is 4.12. The van der Waals surface area contributed by atoms with Crippen LogP contribution in [-0.2, 0) is 16.6 Å². The van der Waals surface area contributed by atoms with Crippen molar-refractivity contribution in [3.8, 4) is 0 Å². The maximum absolute atomic E-state index is 11.8. The molecule has 1 aromatic rings. The number of ether oxygens (including phenoxy) is 1. The first kappa shape index (κ1) is 14.8. The van der Waals surface area contributed by atoms with Gasteiger partial charge in [0.05, 0.1) is 13.5 Å². The first-order valence-electron chi connectivity index (χ1n) is 5.88. The Hall–Kier alpha value is -2.24. The smallest absolute Gasteiger partial charge is 0.305 e. The fourth-order valence-electron chi connectivity index (χ4n) is 1.37. The van der Waals surface area contributed by atoms with Gasteiger partial charge in [-0.15, -0.1) is 0 Å². The minimum absolute atomic E-state index is 0.252. The molecule has 0 unspecified atom stereocenters. The van der Waals surface area contributed by atoms with Gasteiger partial charge < -0.3 is 4.74 Å². The summed E-state index contributed by atoms with van der Waals surface area (Å²) in [7, 11) is 3.17. The van der Waals surface area contributed by atoms with Gasteiger partial charge >= 0.3 is 5.97 Å². The molecule has 1 amide bonds. The maximum atomic E-state index is 11.8. The molecule has 1 rings (SSSR count). The van der Waals surface area contributed by atoms with Crippen LogP contribution in [0, 0.1) is 0 Å². The van der Waals surface area contributed by atoms with Gasteiger partial charge in [0.1, 0.15) is 12.6 Å². The Balaban J connectivity index is 2.51. The molecule has 1 heterocycles. The van der Waals surface area contributed by atoms with Crippen molar-refractivity contribution in [3.05, 3.63) is 30.1 Å². The zero-order chi connectivity index (χ0) is 14.3. The Labute approximate surface area is 112 Å². The van der Waals surface area contributed by atoms with Crippen LogP contribution in [0.15, 0.2) is 29.6 Å².